The lowest BCUT2D eigenvalue weighted by Crippen LogP contribution is -2.26. The van der Waals surface area contributed by atoms with Crippen LogP contribution in [0.3, 0.4) is 0 Å². The third-order valence-electron chi connectivity index (χ3n) is 4.75. The van der Waals surface area contributed by atoms with Crippen LogP contribution in [-0.2, 0) is 16.6 Å². The van der Waals surface area contributed by atoms with E-state index in [1.54, 1.807) is 12.1 Å². The van der Waals surface area contributed by atoms with Crippen LogP contribution < -0.4 is 10.2 Å². The number of nitrogens with zero attached hydrogens (tertiary/aromatic N) is 2. The van der Waals surface area contributed by atoms with Gasteiger partial charge >= 0.3 is 0 Å². The maximum atomic E-state index is 12.6. The smallest absolute Gasteiger partial charge is 0.251 e. The molecule has 3 rings (SSSR count). The summed E-state index contributed by atoms with van der Waals surface area (Å²) in [7, 11) is -0.632. The lowest BCUT2D eigenvalue weighted by molar-refractivity contribution is 0.0950. The molecule has 1 aliphatic heterocycles. The van der Waals surface area contributed by atoms with Gasteiger partial charge in [0.1, 0.15) is 0 Å². The molecule has 27 heavy (non-hydrogen) atoms. The number of carbonyl (C=O) groups is 1. The number of anilines is 1. The van der Waals surface area contributed by atoms with E-state index in [1.807, 2.05) is 18.2 Å². The van der Waals surface area contributed by atoms with Crippen LogP contribution in [0.1, 0.15) is 28.8 Å². The lowest BCUT2D eigenvalue weighted by atomic mass is 10.1. The van der Waals surface area contributed by atoms with Gasteiger partial charge in [-0.1, -0.05) is 24.3 Å². The molecule has 0 unspecified atom stereocenters. The molecule has 0 atom stereocenters. The van der Waals surface area contributed by atoms with Crippen LogP contribution >= 0.6 is 0 Å². The molecule has 1 saturated heterocycles. The molecule has 0 bridgehead atoms. The highest BCUT2D eigenvalue weighted by molar-refractivity contribution is 7.89. The van der Waals surface area contributed by atoms with Crippen LogP contribution in [-0.4, -0.2) is 45.8 Å². The van der Waals surface area contributed by atoms with E-state index >= 15 is 0 Å². The average Bonchev–Trinajstić information content (AvgIpc) is 3.21. The quantitative estimate of drug-likeness (QED) is 0.827. The predicted octanol–water partition coefficient (Wildman–Crippen LogP) is 2.47. The minimum Gasteiger partial charge on any atom is -0.371 e. The second kappa shape index (κ2) is 8.10. The molecule has 1 heterocycles. The first-order valence-electron chi connectivity index (χ1n) is 9.03. The van der Waals surface area contributed by atoms with Gasteiger partial charge in [0, 0.05) is 45.0 Å². The predicted molar refractivity (Wildman–Crippen MR) is 106 cm³/mol. The van der Waals surface area contributed by atoms with E-state index in [0.717, 1.165) is 28.6 Å². The number of para-hydroxylation sites is 1. The molecule has 2 aromatic rings. The zero-order valence-electron chi connectivity index (χ0n) is 15.7. The molecule has 1 N–H and O–H groups in total. The minimum atomic E-state index is -3.57. The largest absolute Gasteiger partial charge is 0.371 e. The summed E-state index contributed by atoms with van der Waals surface area (Å²) >= 11 is 0. The van der Waals surface area contributed by atoms with Crippen molar-refractivity contribution in [2.24, 2.45) is 0 Å². The Hall–Kier alpha value is -2.38. The summed E-state index contributed by atoms with van der Waals surface area (Å²) < 4.78 is 25.7. The van der Waals surface area contributed by atoms with Crippen molar-refractivity contribution >= 4 is 21.6 Å². The summed E-state index contributed by atoms with van der Waals surface area (Å²) in [5.74, 6) is -0.290. The van der Waals surface area contributed by atoms with Crippen molar-refractivity contribution < 1.29 is 13.2 Å². The van der Waals surface area contributed by atoms with E-state index in [9.17, 15) is 13.2 Å². The molecule has 144 valence electrons. The summed E-state index contributed by atoms with van der Waals surface area (Å²) in [4.78, 5) is 15.0. The molecule has 1 aliphatic rings. The van der Waals surface area contributed by atoms with Crippen molar-refractivity contribution in [1.82, 2.24) is 9.62 Å². The van der Waals surface area contributed by atoms with Crippen LogP contribution in [0, 0.1) is 0 Å². The Morgan fingerprint density at radius 2 is 1.78 bits per heavy atom. The Balaban J connectivity index is 1.74. The molecule has 0 saturated carbocycles. The molecule has 0 radical (unpaired) electrons. The van der Waals surface area contributed by atoms with E-state index in [1.165, 1.54) is 39.1 Å². The van der Waals surface area contributed by atoms with Crippen molar-refractivity contribution in [3.63, 3.8) is 0 Å². The Morgan fingerprint density at radius 1 is 1.07 bits per heavy atom. The summed E-state index contributed by atoms with van der Waals surface area (Å²) in [5.41, 5.74) is 2.54. The number of hydrogen-bond acceptors (Lipinski definition) is 4. The van der Waals surface area contributed by atoms with Crippen LogP contribution in [0.15, 0.2) is 53.4 Å². The van der Waals surface area contributed by atoms with Gasteiger partial charge in [0.15, 0.2) is 0 Å². The standard InChI is InChI=1S/C20H25N3O3S/c1-22(2)27(25,26)18-10-7-9-16(14-18)20(24)21-15-17-8-3-4-11-19(17)23-12-5-6-13-23/h3-4,7-11,14H,5-6,12-13,15H2,1-2H3,(H,21,24). The molecular formula is C20H25N3O3S. The van der Waals surface area contributed by atoms with Gasteiger partial charge in [-0.05, 0) is 42.7 Å². The third kappa shape index (κ3) is 4.31. The van der Waals surface area contributed by atoms with Crippen molar-refractivity contribution in [2.45, 2.75) is 24.3 Å². The minimum absolute atomic E-state index is 0.109. The molecule has 7 heteroatoms. The van der Waals surface area contributed by atoms with E-state index in [4.69, 9.17) is 0 Å². The molecule has 1 amide bonds. The molecule has 1 fully saturated rings. The Morgan fingerprint density at radius 3 is 2.48 bits per heavy atom. The molecule has 0 spiro atoms. The van der Waals surface area contributed by atoms with Gasteiger partial charge in [-0.2, -0.15) is 0 Å². The Kier molecular flexibility index (Phi) is 5.82. The third-order valence-corrected chi connectivity index (χ3v) is 6.56. The fraction of sp³-hybridized carbons (Fsp3) is 0.350. The maximum Gasteiger partial charge on any atom is 0.251 e. The Labute approximate surface area is 160 Å². The Bertz CT molecular complexity index is 920. The fourth-order valence-electron chi connectivity index (χ4n) is 3.21. The van der Waals surface area contributed by atoms with E-state index < -0.39 is 10.0 Å². The number of hydrogen-bond donors (Lipinski definition) is 1. The number of amides is 1. The summed E-state index contributed by atoms with van der Waals surface area (Å²) in [5, 5.41) is 2.91. The van der Waals surface area contributed by atoms with Gasteiger partial charge in [-0.15, -0.1) is 0 Å². The van der Waals surface area contributed by atoms with Gasteiger partial charge in [0.25, 0.3) is 5.91 Å². The monoisotopic (exact) mass is 387 g/mol. The zero-order chi connectivity index (χ0) is 19.4. The average molecular weight is 388 g/mol. The highest BCUT2D eigenvalue weighted by Gasteiger charge is 2.19. The second-order valence-corrected chi connectivity index (χ2v) is 8.97. The maximum absolute atomic E-state index is 12.6. The summed E-state index contributed by atoms with van der Waals surface area (Å²) in [6.07, 6.45) is 2.38. The van der Waals surface area contributed by atoms with Crippen molar-refractivity contribution in [2.75, 3.05) is 32.1 Å². The lowest BCUT2D eigenvalue weighted by Gasteiger charge is -2.21. The normalized spacial score (nSPS) is 14.6. The van der Waals surface area contributed by atoms with Crippen molar-refractivity contribution in [3.05, 3.63) is 59.7 Å². The summed E-state index contributed by atoms with van der Waals surface area (Å²) in [6, 6.07) is 14.2. The van der Waals surface area contributed by atoms with Gasteiger partial charge in [0.05, 0.1) is 4.90 Å². The van der Waals surface area contributed by atoms with Gasteiger partial charge in [-0.3, -0.25) is 4.79 Å². The molecule has 0 aromatic heterocycles. The summed E-state index contributed by atoms with van der Waals surface area (Å²) in [6.45, 7) is 2.47. The van der Waals surface area contributed by atoms with Crippen LogP contribution in [0.25, 0.3) is 0 Å². The van der Waals surface area contributed by atoms with Gasteiger partial charge in [0.2, 0.25) is 10.0 Å². The zero-order valence-corrected chi connectivity index (χ0v) is 16.5. The fourth-order valence-corrected chi connectivity index (χ4v) is 4.16. The first-order valence-corrected chi connectivity index (χ1v) is 10.5. The van der Waals surface area contributed by atoms with Gasteiger partial charge < -0.3 is 10.2 Å². The van der Waals surface area contributed by atoms with E-state index in [2.05, 4.69) is 16.3 Å². The van der Waals surface area contributed by atoms with Crippen molar-refractivity contribution in [3.8, 4) is 0 Å². The van der Waals surface area contributed by atoms with Crippen molar-refractivity contribution in [1.29, 1.82) is 0 Å². The first-order chi connectivity index (χ1) is 12.9. The van der Waals surface area contributed by atoms with E-state index in [-0.39, 0.29) is 10.8 Å². The number of rotatable bonds is 6. The highest BCUT2D eigenvalue weighted by atomic mass is 32.2. The number of sulfonamides is 1. The molecule has 6 nitrogen and oxygen atoms in total. The number of benzene rings is 2. The molecule has 0 aliphatic carbocycles. The number of carbonyl (C=O) groups excluding carboxylic acids is 1. The molecule has 2 aromatic carbocycles. The highest BCUT2D eigenvalue weighted by Crippen LogP contribution is 2.24. The number of nitrogens with one attached hydrogen (secondary N) is 1. The topological polar surface area (TPSA) is 69.7 Å². The van der Waals surface area contributed by atoms with Gasteiger partial charge in [-0.25, -0.2) is 12.7 Å². The second-order valence-electron chi connectivity index (χ2n) is 6.82. The van der Waals surface area contributed by atoms with Crippen LogP contribution in [0.5, 0.6) is 0 Å². The van der Waals surface area contributed by atoms with Crippen LogP contribution in [0.4, 0.5) is 5.69 Å². The first kappa shape index (κ1) is 19.4. The van der Waals surface area contributed by atoms with E-state index in [0.29, 0.717) is 12.1 Å². The molecular weight excluding hydrogens is 362 g/mol. The SMILES string of the molecule is CN(C)S(=O)(=O)c1cccc(C(=O)NCc2ccccc2N2CCCC2)c1. The van der Waals surface area contributed by atoms with Crippen LogP contribution in [0.2, 0.25) is 0 Å².